The smallest absolute Gasteiger partial charge is 0.258 e. The van der Waals surface area contributed by atoms with E-state index < -0.39 is 0 Å². The first-order chi connectivity index (χ1) is 14.1. The molecule has 1 heterocycles. The van der Waals surface area contributed by atoms with Gasteiger partial charge >= 0.3 is 0 Å². The van der Waals surface area contributed by atoms with Gasteiger partial charge < -0.3 is 10.1 Å². The number of benzene rings is 2. The summed E-state index contributed by atoms with van der Waals surface area (Å²) in [7, 11) is 0. The zero-order chi connectivity index (χ0) is 20.2. The summed E-state index contributed by atoms with van der Waals surface area (Å²) in [4.78, 5) is 30.0. The van der Waals surface area contributed by atoms with E-state index in [1.165, 1.54) is 23.1 Å². The number of ether oxygens (including phenoxy) is 1. The van der Waals surface area contributed by atoms with Crippen molar-refractivity contribution < 1.29 is 14.3 Å². The topological polar surface area (TPSA) is 80.3 Å². The average Bonchev–Trinajstić information content (AvgIpc) is 3.43. The van der Waals surface area contributed by atoms with Crippen LogP contribution in [0.25, 0.3) is 10.2 Å². The van der Waals surface area contributed by atoms with Gasteiger partial charge in [-0.05, 0) is 50.1 Å². The van der Waals surface area contributed by atoms with Gasteiger partial charge in [0.15, 0.2) is 5.13 Å². The first-order valence-corrected chi connectivity index (χ1v) is 11.3. The van der Waals surface area contributed by atoms with Gasteiger partial charge in [-0.25, -0.2) is 4.98 Å². The molecule has 2 amide bonds. The van der Waals surface area contributed by atoms with Crippen LogP contribution in [0.1, 0.15) is 30.1 Å². The predicted octanol–water partition coefficient (Wildman–Crippen LogP) is 4.32. The van der Waals surface area contributed by atoms with Gasteiger partial charge in [-0.15, -0.1) is 11.8 Å². The molecule has 3 aromatic rings. The Morgan fingerprint density at radius 1 is 1.24 bits per heavy atom. The lowest BCUT2D eigenvalue weighted by Gasteiger charge is -2.08. The van der Waals surface area contributed by atoms with E-state index in [1.54, 1.807) is 6.07 Å². The maximum absolute atomic E-state index is 12.8. The molecule has 0 atom stereocenters. The summed E-state index contributed by atoms with van der Waals surface area (Å²) in [6.07, 6.45) is 2.12. The molecule has 2 N–H and O–H groups in total. The number of hydrogen-bond donors (Lipinski definition) is 2. The van der Waals surface area contributed by atoms with E-state index in [9.17, 15) is 9.59 Å². The lowest BCUT2D eigenvalue weighted by molar-refractivity contribution is -0.118. The van der Waals surface area contributed by atoms with Crippen LogP contribution in [0.5, 0.6) is 5.75 Å². The number of thiazole rings is 1. The van der Waals surface area contributed by atoms with Gasteiger partial charge in [0.05, 0.1) is 28.1 Å². The van der Waals surface area contributed by atoms with Crippen molar-refractivity contribution >= 4 is 50.3 Å². The highest BCUT2D eigenvalue weighted by Gasteiger charge is 2.23. The molecule has 4 rings (SSSR count). The Labute approximate surface area is 177 Å². The number of anilines is 1. The Kier molecular flexibility index (Phi) is 6.01. The number of nitrogens with one attached hydrogen (secondary N) is 2. The SMILES string of the molecule is CCOc1ccc2nc(NC(=O)c3ccccc3SCC(=O)NC3CC3)sc2c1. The summed E-state index contributed by atoms with van der Waals surface area (Å²) < 4.78 is 6.47. The molecule has 2 aromatic carbocycles. The summed E-state index contributed by atoms with van der Waals surface area (Å²) in [6.45, 7) is 2.54. The molecule has 6 nitrogen and oxygen atoms in total. The Balaban J connectivity index is 1.45. The van der Waals surface area contributed by atoms with E-state index in [4.69, 9.17) is 4.74 Å². The molecule has 0 bridgehead atoms. The third-order valence-electron chi connectivity index (χ3n) is 4.32. The van der Waals surface area contributed by atoms with E-state index in [0.717, 1.165) is 33.7 Å². The molecule has 0 unspecified atom stereocenters. The number of carbonyl (C=O) groups is 2. The molecule has 0 saturated heterocycles. The molecule has 8 heteroatoms. The Hall–Kier alpha value is -2.58. The van der Waals surface area contributed by atoms with E-state index in [0.29, 0.717) is 29.1 Å². The van der Waals surface area contributed by atoms with Crippen LogP contribution >= 0.6 is 23.1 Å². The zero-order valence-electron chi connectivity index (χ0n) is 15.9. The van der Waals surface area contributed by atoms with E-state index >= 15 is 0 Å². The molecule has 1 aliphatic rings. The van der Waals surface area contributed by atoms with E-state index in [-0.39, 0.29) is 11.8 Å². The fourth-order valence-electron chi connectivity index (χ4n) is 2.80. The number of carbonyl (C=O) groups excluding carboxylic acids is 2. The van der Waals surface area contributed by atoms with Crippen LogP contribution in [0.15, 0.2) is 47.4 Å². The standard InChI is InChI=1S/C21H21N3O3S2/c1-2-27-14-9-10-16-18(11-14)29-21(23-16)24-20(26)15-5-3-4-6-17(15)28-12-19(25)22-13-7-8-13/h3-6,9-11,13H,2,7-8,12H2,1H3,(H,22,25)(H,23,24,26). The van der Waals surface area contributed by atoms with Gasteiger partial charge in [0.2, 0.25) is 5.91 Å². The maximum atomic E-state index is 12.8. The van der Waals surface area contributed by atoms with Gasteiger partial charge in [-0.2, -0.15) is 0 Å². The fourth-order valence-corrected chi connectivity index (χ4v) is 4.55. The summed E-state index contributed by atoms with van der Waals surface area (Å²) >= 11 is 2.77. The number of rotatable bonds is 8. The summed E-state index contributed by atoms with van der Waals surface area (Å²) in [5.41, 5.74) is 1.35. The molecule has 0 spiro atoms. The number of fused-ring (bicyclic) bond motifs is 1. The molecule has 150 valence electrons. The van der Waals surface area contributed by atoms with Crippen molar-refractivity contribution in [3.63, 3.8) is 0 Å². The van der Waals surface area contributed by atoms with E-state index in [1.807, 2.05) is 43.3 Å². The summed E-state index contributed by atoms with van der Waals surface area (Å²) in [5, 5.41) is 6.38. The number of aromatic nitrogens is 1. The number of nitrogens with zero attached hydrogens (tertiary/aromatic N) is 1. The lowest BCUT2D eigenvalue weighted by Crippen LogP contribution is -2.27. The number of hydrogen-bond acceptors (Lipinski definition) is 6. The second-order valence-corrected chi connectivity index (χ2v) is 8.71. The van der Waals surface area contributed by atoms with Gasteiger partial charge in [-0.3, -0.25) is 14.9 Å². The minimum atomic E-state index is -0.236. The van der Waals surface area contributed by atoms with Gasteiger partial charge in [-0.1, -0.05) is 23.5 Å². The Bertz CT molecular complexity index is 1050. The van der Waals surface area contributed by atoms with Gasteiger partial charge in [0.25, 0.3) is 5.91 Å². The first kappa shape index (κ1) is 19.7. The van der Waals surface area contributed by atoms with Crippen molar-refractivity contribution in [1.82, 2.24) is 10.3 Å². The maximum Gasteiger partial charge on any atom is 0.258 e. The van der Waals surface area contributed by atoms with Crippen LogP contribution in [-0.4, -0.2) is 35.2 Å². The fraction of sp³-hybridized carbons (Fsp3) is 0.286. The number of thioether (sulfide) groups is 1. The van der Waals surface area contributed by atoms with Crippen molar-refractivity contribution in [3.8, 4) is 5.75 Å². The average molecular weight is 428 g/mol. The van der Waals surface area contributed by atoms with Crippen molar-refractivity contribution in [2.24, 2.45) is 0 Å². The van der Waals surface area contributed by atoms with Crippen molar-refractivity contribution in [2.75, 3.05) is 17.7 Å². The van der Waals surface area contributed by atoms with Crippen molar-refractivity contribution in [3.05, 3.63) is 48.0 Å². The van der Waals surface area contributed by atoms with Crippen LogP contribution in [0.2, 0.25) is 0 Å². The molecule has 1 saturated carbocycles. The molecule has 29 heavy (non-hydrogen) atoms. The molecule has 0 radical (unpaired) electrons. The van der Waals surface area contributed by atoms with Crippen LogP contribution in [-0.2, 0) is 4.79 Å². The third-order valence-corrected chi connectivity index (χ3v) is 6.33. The lowest BCUT2D eigenvalue weighted by atomic mass is 10.2. The van der Waals surface area contributed by atoms with E-state index in [2.05, 4.69) is 15.6 Å². The van der Waals surface area contributed by atoms with Crippen LogP contribution in [0, 0.1) is 0 Å². The van der Waals surface area contributed by atoms with Crippen LogP contribution in [0.3, 0.4) is 0 Å². The zero-order valence-corrected chi connectivity index (χ0v) is 17.6. The number of amides is 2. The predicted molar refractivity (Wildman–Crippen MR) is 117 cm³/mol. The molecule has 1 aromatic heterocycles. The summed E-state index contributed by atoms with van der Waals surface area (Å²) in [6, 6.07) is 13.3. The molecule has 0 aliphatic heterocycles. The van der Waals surface area contributed by atoms with Crippen LogP contribution in [0.4, 0.5) is 5.13 Å². The van der Waals surface area contributed by atoms with Gasteiger partial charge in [0.1, 0.15) is 5.75 Å². The summed E-state index contributed by atoms with van der Waals surface area (Å²) in [5.74, 6) is 0.846. The largest absolute Gasteiger partial charge is 0.494 e. The third kappa shape index (κ3) is 5.07. The van der Waals surface area contributed by atoms with Crippen molar-refractivity contribution in [2.45, 2.75) is 30.7 Å². The minimum Gasteiger partial charge on any atom is -0.494 e. The minimum absolute atomic E-state index is 0.00369. The Morgan fingerprint density at radius 3 is 2.86 bits per heavy atom. The monoisotopic (exact) mass is 427 g/mol. The quantitative estimate of drug-likeness (QED) is 0.524. The molecule has 1 aliphatic carbocycles. The Morgan fingerprint density at radius 2 is 2.07 bits per heavy atom. The van der Waals surface area contributed by atoms with Gasteiger partial charge in [0, 0.05) is 10.9 Å². The highest BCUT2D eigenvalue weighted by atomic mass is 32.2. The highest BCUT2D eigenvalue weighted by molar-refractivity contribution is 8.00. The normalized spacial score (nSPS) is 13.3. The van der Waals surface area contributed by atoms with Crippen molar-refractivity contribution in [1.29, 1.82) is 0 Å². The molecule has 1 fully saturated rings. The second-order valence-electron chi connectivity index (χ2n) is 6.66. The highest BCUT2D eigenvalue weighted by Crippen LogP contribution is 2.30. The van der Waals surface area contributed by atoms with Crippen LogP contribution < -0.4 is 15.4 Å². The first-order valence-electron chi connectivity index (χ1n) is 9.48. The molecular formula is C21H21N3O3S2. The molecular weight excluding hydrogens is 406 g/mol. The second kappa shape index (κ2) is 8.84.